The quantitative estimate of drug-likeness (QED) is 0.361. The molecule has 0 aliphatic carbocycles. The van der Waals surface area contributed by atoms with Gasteiger partial charge in [0.25, 0.3) is 5.91 Å². The Labute approximate surface area is 176 Å². The van der Waals surface area contributed by atoms with Crippen molar-refractivity contribution in [1.82, 2.24) is 4.90 Å². The van der Waals surface area contributed by atoms with E-state index in [9.17, 15) is 10.1 Å². The minimum Gasteiger partial charge on any atom is -0.493 e. The molecule has 0 saturated heterocycles. The molecule has 0 atom stereocenters. The van der Waals surface area contributed by atoms with Gasteiger partial charge in [-0.1, -0.05) is 29.8 Å². The highest BCUT2D eigenvalue weighted by Crippen LogP contribution is 2.35. The largest absolute Gasteiger partial charge is 0.493 e. The minimum atomic E-state index is -0.361. The number of benzene rings is 2. The first kappa shape index (κ1) is 22.1. The van der Waals surface area contributed by atoms with Gasteiger partial charge >= 0.3 is 0 Å². The summed E-state index contributed by atoms with van der Waals surface area (Å²) in [6, 6.07) is 13.0. The fourth-order valence-electron chi connectivity index (χ4n) is 2.68. The van der Waals surface area contributed by atoms with Crippen molar-refractivity contribution in [2.45, 2.75) is 13.0 Å². The second-order valence-corrected chi connectivity index (χ2v) is 6.93. The topological polar surface area (TPSA) is 62.6 Å². The van der Waals surface area contributed by atoms with Gasteiger partial charge < -0.3 is 14.4 Å². The summed E-state index contributed by atoms with van der Waals surface area (Å²) in [5, 5.41) is 10.0. The second kappa shape index (κ2) is 10.4. The highest BCUT2D eigenvalue weighted by molar-refractivity contribution is 6.30. The molecule has 29 heavy (non-hydrogen) atoms. The van der Waals surface area contributed by atoms with Gasteiger partial charge in [-0.05, 0) is 47.9 Å². The molecule has 0 fully saturated rings. The molecule has 0 saturated carbocycles. The molecule has 1 amide bonds. The molecule has 2 aromatic rings. The molecule has 0 aliphatic heterocycles. The maximum Gasteiger partial charge on any atom is 0.264 e. The van der Waals surface area contributed by atoms with Crippen LogP contribution in [0.15, 0.2) is 54.6 Å². The fraction of sp³-hybridized carbons (Fsp3) is 0.217. The van der Waals surface area contributed by atoms with Crippen molar-refractivity contribution in [3.8, 4) is 17.6 Å². The van der Waals surface area contributed by atoms with E-state index in [0.717, 1.165) is 11.1 Å². The summed E-state index contributed by atoms with van der Waals surface area (Å²) in [7, 11) is 4.75. The van der Waals surface area contributed by atoms with Crippen molar-refractivity contribution in [3.05, 3.63) is 76.3 Å². The molecular formula is C23H23ClN2O3. The van der Waals surface area contributed by atoms with Crippen molar-refractivity contribution >= 4 is 23.6 Å². The molecule has 0 aliphatic rings. The Balaban J connectivity index is 2.41. The fourth-order valence-corrected chi connectivity index (χ4v) is 2.80. The summed E-state index contributed by atoms with van der Waals surface area (Å²) < 4.78 is 11.5. The van der Waals surface area contributed by atoms with E-state index in [4.69, 9.17) is 21.1 Å². The summed E-state index contributed by atoms with van der Waals surface area (Å²) in [4.78, 5) is 13.5. The van der Waals surface area contributed by atoms with Crippen LogP contribution in [-0.2, 0) is 17.8 Å². The smallest absolute Gasteiger partial charge is 0.264 e. The minimum absolute atomic E-state index is 0.0384. The van der Waals surface area contributed by atoms with E-state index in [2.05, 4.69) is 6.58 Å². The monoisotopic (exact) mass is 410 g/mol. The molecule has 2 aromatic carbocycles. The zero-order valence-electron chi connectivity index (χ0n) is 16.7. The highest BCUT2D eigenvalue weighted by Gasteiger charge is 2.15. The summed E-state index contributed by atoms with van der Waals surface area (Å²) in [5.41, 5.74) is 2.52. The molecule has 2 rings (SSSR count). The number of allylic oxidation sites excluding steroid dienone is 1. The molecule has 0 heterocycles. The number of hydrogen-bond acceptors (Lipinski definition) is 4. The highest BCUT2D eigenvalue weighted by atomic mass is 35.5. The average molecular weight is 411 g/mol. The van der Waals surface area contributed by atoms with Gasteiger partial charge in [-0.15, -0.1) is 6.58 Å². The van der Waals surface area contributed by atoms with Crippen molar-refractivity contribution in [2.75, 3.05) is 21.2 Å². The second-order valence-electron chi connectivity index (χ2n) is 6.49. The summed E-state index contributed by atoms with van der Waals surface area (Å²) >= 11 is 5.93. The first-order valence-electron chi connectivity index (χ1n) is 8.92. The Bertz CT molecular complexity index is 957. The number of amides is 1. The maximum absolute atomic E-state index is 12.1. The molecule has 0 N–H and O–H groups in total. The lowest BCUT2D eigenvalue weighted by molar-refractivity contribution is -0.124. The Morgan fingerprint density at radius 3 is 2.52 bits per heavy atom. The number of rotatable bonds is 8. The molecule has 5 nitrogen and oxygen atoms in total. The van der Waals surface area contributed by atoms with Gasteiger partial charge in [0.05, 0.1) is 7.11 Å². The Hall–Kier alpha value is -3.23. The van der Waals surface area contributed by atoms with Crippen molar-refractivity contribution in [2.24, 2.45) is 0 Å². The number of nitriles is 1. The maximum atomic E-state index is 12.1. The zero-order valence-corrected chi connectivity index (χ0v) is 17.5. The number of carbonyl (C=O) groups is 1. The molecule has 6 heteroatoms. The third-order valence-corrected chi connectivity index (χ3v) is 4.35. The first-order valence-corrected chi connectivity index (χ1v) is 9.29. The number of halogens is 1. The van der Waals surface area contributed by atoms with Crippen LogP contribution in [0.1, 0.15) is 16.7 Å². The number of nitrogens with zero attached hydrogens (tertiary/aromatic N) is 2. The normalized spacial score (nSPS) is 10.8. The molecule has 0 unspecified atom stereocenters. The van der Waals surface area contributed by atoms with Gasteiger partial charge in [-0.3, -0.25) is 4.79 Å². The van der Waals surface area contributed by atoms with Gasteiger partial charge in [-0.25, -0.2) is 0 Å². The van der Waals surface area contributed by atoms with E-state index >= 15 is 0 Å². The predicted molar refractivity (Wildman–Crippen MR) is 115 cm³/mol. The van der Waals surface area contributed by atoms with Crippen LogP contribution >= 0.6 is 11.6 Å². The summed E-state index contributed by atoms with van der Waals surface area (Å²) in [6.07, 6.45) is 3.84. The van der Waals surface area contributed by atoms with Gasteiger partial charge in [-0.2, -0.15) is 5.26 Å². The lowest BCUT2D eigenvalue weighted by Crippen LogP contribution is -2.22. The predicted octanol–water partition coefficient (Wildman–Crippen LogP) is 4.65. The van der Waals surface area contributed by atoms with Crippen LogP contribution in [0.25, 0.3) is 6.08 Å². The molecule has 0 bridgehead atoms. The number of likely N-dealkylation sites (N-methyl/N-ethyl adjacent to an activating group) is 1. The molecule has 150 valence electrons. The Morgan fingerprint density at radius 2 is 1.97 bits per heavy atom. The van der Waals surface area contributed by atoms with Gasteiger partial charge in [0.1, 0.15) is 18.2 Å². The van der Waals surface area contributed by atoms with Crippen LogP contribution < -0.4 is 9.47 Å². The number of hydrogen-bond donors (Lipinski definition) is 0. The summed E-state index contributed by atoms with van der Waals surface area (Å²) in [5.74, 6) is 0.746. The first-order chi connectivity index (χ1) is 13.9. The molecule has 0 aromatic heterocycles. The van der Waals surface area contributed by atoms with E-state index in [1.807, 2.05) is 24.3 Å². The van der Waals surface area contributed by atoms with E-state index in [-0.39, 0.29) is 11.5 Å². The Kier molecular flexibility index (Phi) is 7.88. The lowest BCUT2D eigenvalue weighted by atomic mass is 10.0. The van der Waals surface area contributed by atoms with Crippen LogP contribution in [0.5, 0.6) is 11.5 Å². The van der Waals surface area contributed by atoms with E-state index in [1.54, 1.807) is 51.6 Å². The molecule has 0 spiro atoms. The van der Waals surface area contributed by atoms with E-state index < -0.39 is 0 Å². The van der Waals surface area contributed by atoms with E-state index in [0.29, 0.717) is 35.1 Å². The Morgan fingerprint density at radius 1 is 1.28 bits per heavy atom. The third-order valence-electron chi connectivity index (χ3n) is 4.10. The average Bonchev–Trinajstić information content (AvgIpc) is 2.71. The van der Waals surface area contributed by atoms with E-state index in [1.165, 1.54) is 4.90 Å². The van der Waals surface area contributed by atoms with Gasteiger partial charge in [0.15, 0.2) is 11.5 Å². The van der Waals surface area contributed by atoms with Crippen LogP contribution in [-0.4, -0.2) is 32.0 Å². The van der Waals surface area contributed by atoms with Gasteiger partial charge in [0, 0.05) is 24.7 Å². The van der Waals surface area contributed by atoms with Crippen LogP contribution in [0.3, 0.4) is 0 Å². The number of methoxy groups -OCH3 is 1. The van der Waals surface area contributed by atoms with Crippen molar-refractivity contribution in [3.63, 3.8) is 0 Å². The number of ether oxygens (including phenoxy) is 2. The van der Waals surface area contributed by atoms with Gasteiger partial charge in [0.2, 0.25) is 0 Å². The standard InChI is InChI=1S/C23H23ClN2O3/c1-5-6-18-11-17(12-19(14-25)23(27)26(2)3)13-21(28-4)22(18)29-15-16-7-9-20(24)10-8-16/h5,7-13H,1,6,15H2,2-4H3/b19-12-. The SMILES string of the molecule is C=CCc1cc(/C=C(/C#N)C(=O)N(C)C)cc(OC)c1OCc1ccc(Cl)cc1. The lowest BCUT2D eigenvalue weighted by Gasteiger charge is -2.16. The molecular weight excluding hydrogens is 388 g/mol. The summed E-state index contributed by atoms with van der Waals surface area (Å²) in [6.45, 7) is 4.14. The van der Waals surface area contributed by atoms with Crippen molar-refractivity contribution in [1.29, 1.82) is 5.26 Å². The van der Waals surface area contributed by atoms with Crippen LogP contribution in [0, 0.1) is 11.3 Å². The molecule has 0 radical (unpaired) electrons. The van der Waals surface area contributed by atoms with Crippen molar-refractivity contribution < 1.29 is 14.3 Å². The van der Waals surface area contributed by atoms with Crippen LogP contribution in [0.2, 0.25) is 5.02 Å². The van der Waals surface area contributed by atoms with Crippen LogP contribution in [0.4, 0.5) is 0 Å². The zero-order chi connectivity index (χ0) is 21.4. The third kappa shape index (κ3) is 5.87. The number of carbonyl (C=O) groups excluding carboxylic acids is 1.